The number of nitrogens with one attached hydrogen (secondary N) is 2. The van der Waals surface area contributed by atoms with E-state index in [0.29, 0.717) is 12.2 Å². The maximum atomic E-state index is 13.3. The summed E-state index contributed by atoms with van der Waals surface area (Å²) in [6.45, 7) is 0.230. The number of anilines is 1. The van der Waals surface area contributed by atoms with E-state index in [2.05, 4.69) is 10.6 Å². The number of halogens is 1. The molecule has 0 aliphatic carbocycles. The number of hydrogen-bond donors (Lipinski definition) is 2. The van der Waals surface area contributed by atoms with E-state index in [1.807, 2.05) is 0 Å². The van der Waals surface area contributed by atoms with E-state index in [0.717, 1.165) is 0 Å². The highest BCUT2D eigenvalue weighted by molar-refractivity contribution is 5.77. The predicted octanol–water partition coefficient (Wildman–Crippen LogP) is 2.34. The Morgan fingerprint density at radius 3 is 2.58 bits per heavy atom. The largest absolute Gasteiger partial charge is 0.481 e. The molecule has 0 atom stereocenters. The Morgan fingerprint density at radius 2 is 1.83 bits per heavy atom. The molecular weight excluding hydrogens is 317 g/mol. The van der Waals surface area contributed by atoms with Crippen LogP contribution in [0.15, 0.2) is 48.5 Å². The number of nitro groups is 1. The van der Waals surface area contributed by atoms with Gasteiger partial charge < -0.3 is 15.4 Å². The second-order valence-corrected chi connectivity index (χ2v) is 4.77. The molecule has 0 unspecified atom stereocenters. The Balaban J connectivity index is 1.72. The zero-order chi connectivity index (χ0) is 17.4. The molecule has 0 aromatic heterocycles. The van der Waals surface area contributed by atoms with Crippen LogP contribution in [0.1, 0.15) is 0 Å². The summed E-state index contributed by atoms with van der Waals surface area (Å²) in [6, 6.07) is 12.0. The molecule has 2 aromatic rings. The van der Waals surface area contributed by atoms with Crippen molar-refractivity contribution in [3.63, 3.8) is 0 Å². The number of rotatable bonds is 8. The molecule has 0 spiro atoms. The molecule has 2 N–H and O–H groups in total. The average Bonchev–Trinajstić information content (AvgIpc) is 2.58. The van der Waals surface area contributed by atoms with Crippen LogP contribution in [0.4, 0.5) is 15.8 Å². The van der Waals surface area contributed by atoms with Crippen molar-refractivity contribution in [1.82, 2.24) is 5.32 Å². The zero-order valence-corrected chi connectivity index (χ0v) is 12.7. The van der Waals surface area contributed by atoms with E-state index < -0.39 is 16.6 Å². The first-order valence-electron chi connectivity index (χ1n) is 7.19. The van der Waals surface area contributed by atoms with Crippen molar-refractivity contribution < 1.29 is 18.8 Å². The van der Waals surface area contributed by atoms with Crippen LogP contribution in [0.2, 0.25) is 0 Å². The lowest BCUT2D eigenvalue weighted by Gasteiger charge is -2.09. The normalized spacial score (nSPS) is 10.0. The number of ether oxygens (including phenoxy) is 1. The summed E-state index contributed by atoms with van der Waals surface area (Å²) >= 11 is 0. The number of carbonyl (C=O) groups is 1. The molecule has 8 heteroatoms. The minimum atomic E-state index is -0.539. The summed E-state index contributed by atoms with van der Waals surface area (Å²) in [6.07, 6.45) is 0. The van der Waals surface area contributed by atoms with Crippen LogP contribution >= 0.6 is 0 Å². The van der Waals surface area contributed by atoms with Crippen molar-refractivity contribution in [2.45, 2.75) is 0 Å². The van der Waals surface area contributed by atoms with E-state index in [1.165, 1.54) is 24.3 Å². The minimum absolute atomic E-state index is 0.00526. The van der Waals surface area contributed by atoms with Gasteiger partial charge >= 0.3 is 0 Å². The first-order valence-corrected chi connectivity index (χ1v) is 7.19. The van der Waals surface area contributed by atoms with Crippen molar-refractivity contribution in [1.29, 1.82) is 0 Å². The molecule has 7 nitrogen and oxygen atoms in total. The van der Waals surface area contributed by atoms with Gasteiger partial charge in [-0.1, -0.05) is 24.3 Å². The molecule has 0 bridgehead atoms. The van der Waals surface area contributed by atoms with Gasteiger partial charge in [-0.15, -0.1) is 0 Å². The van der Waals surface area contributed by atoms with E-state index in [-0.39, 0.29) is 24.6 Å². The number of amides is 1. The van der Waals surface area contributed by atoms with E-state index in [4.69, 9.17) is 4.74 Å². The molecule has 0 fully saturated rings. The lowest BCUT2D eigenvalue weighted by atomic mass is 10.2. The lowest BCUT2D eigenvalue weighted by Crippen LogP contribution is -2.32. The minimum Gasteiger partial charge on any atom is -0.481 e. The molecule has 2 rings (SSSR count). The average molecular weight is 333 g/mol. The smallest absolute Gasteiger partial charge is 0.292 e. The Bertz CT molecular complexity index is 724. The zero-order valence-electron chi connectivity index (χ0n) is 12.7. The van der Waals surface area contributed by atoms with Crippen molar-refractivity contribution in [3.8, 4) is 5.75 Å². The van der Waals surface area contributed by atoms with Gasteiger partial charge in [-0.2, -0.15) is 0 Å². The van der Waals surface area contributed by atoms with E-state index in [9.17, 15) is 19.3 Å². The Kier molecular flexibility index (Phi) is 6.07. The number of nitro benzene ring substituents is 1. The van der Waals surface area contributed by atoms with Gasteiger partial charge in [-0.05, 0) is 18.2 Å². The third kappa shape index (κ3) is 4.94. The molecule has 1 amide bonds. The van der Waals surface area contributed by atoms with Crippen LogP contribution in [0.3, 0.4) is 0 Å². The molecule has 0 saturated carbocycles. The molecule has 0 saturated heterocycles. The number of benzene rings is 2. The monoisotopic (exact) mass is 333 g/mol. The summed E-state index contributed by atoms with van der Waals surface area (Å²) < 4.78 is 18.4. The fraction of sp³-hybridized carbons (Fsp3) is 0.188. The number of hydrogen-bond acceptors (Lipinski definition) is 5. The fourth-order valence-electron chi connectivity index (χ4n) is 1.94. The third-order valence-corrected chi connectivity index (χ3v) is 3.06. The van der Waals surface area contributed by atoms with Crippen molar-refractivity contribution in [2.24, 2.45) is 0 Å². The highest BCUT2D eigenvalue weighted by atomic mass is 19.1. The molecule has 2 aromatic carbocycles. The van der Waals surface area contributed by atoms with E-state index >= 15 is 0 Å². The molecule has 0 heterocycles. The van der Waals surface area contributed by atoms with Gasteiger partial charge in [-0.3, -0.25) is 14.9 Å². The highest BCUT2D eigenvalue weighted by Gasteiger charge is 2.11. The van der Waals surface area contributed by atoms with Crippen LogP contribution in [0.25, 0.3) is 0 Å². The number of carbonyl (C=O) groups excluding carboxylic acids is 1. The SMILES string of the molecule is O=C(COc1ccccc1F)NCCNc1ccccc1[N+](=O)[O-]. The number of para-hydroxylation sites is 3. The molecule has 24 heavy (non-hydrogen) atoms. The van der Waals surface area contributed by atoms with Crippen LogP contribution in [-0.2, 0) is 4.79 Å². The second-order valence-electron chi connectivity index (χ2n) is 4.77. The molecule has 0 aliphatic rings. The molecule has 0 aliphatic heterocycles. The Morgan fingerprint density at radius 1 is 1.12 bits per heavy atom. The quantitative estimate of drug-likeness (QED) is 0.439. The Hall–Kier alpha value is -3.16. The fourth-order valence-corrected chi connectivity index (χ4v) is 1.94. The van der Waals surface area contributed by atoms with Crippen LogP contribution in [-0.4, -0.2) is 30.5 Å². The van der Waals surface area contributed by atoms with Gasteiger partial charge in [0.05, 0.1) is 4.92 Å². The summed E-state index contributed by atoms with van der Waals surface area (Å²) in [5, 5.41) is 16.3. The third-order valence-electron chi connectivity index (χ3n) is 3.06. The summed E-state index contributed by atoms with van der Waals surface area (Å²) in [5.74, 6) is -0.948. The topological polar surface area (TPSA) is 93.5 Å². The van der Waals surface area contributed by atoms with Gasteiger partial charge in [0.2, 0.25) is 0 Å². The second kappa shape index (κ2) is 8.47. The van der Waals surface area contributed by atoms with Crippen molar-refractivity contribution in [2.75, 3.05) is 25.0 Å². The molecule has 0 radical (unpaired) electrons. The highest BCUT2D eigenvalue weighted by Crippen LogP contribution is 2.22. The number of nitrogens with zero attached hydrogens (tertiary/aromatic N) is 1. The molecular formula is C16H16FN3O4. The molecule has 126 valence electrons. The summed E-state index contributed by atoms with van der Waals surface area (Å²) in [5.41, 5.74) is 0.339. The Labute approximate surface area is 137 Å². The summed E-state index contributed by atoms with van der Waals surface area (Å²) in [4.78, 5) is 22.0. The maximum Gasteiger partial charge on any atom is 0.292 e. The standard InChI is InChI=1S/C16H16FN3O4/c17-12-5-1-4-8-15(12)24-11-16(21)19-10-9-18-13-6-2-3-7-14(13)20(22)23/h1-8,18H,9-11H2,(H,19,21). The van der Waals surface area contributed by atoms with Crippen LogP contribution < -0.4 is 15.4 Å². The summed E-state index contributed by atoms with van der Waals surface area (Å²) in [7, 11) is 0. The first-order chi connectivity index (χ1) is 11.6. The maximum absolute atomic E-state index is 13.3. The van der Waals surface area contributed by atoms with E-state index in [1.54, 1.807) is 24.3 Å². The lowest BCUT2D eigenvalue weighted by molar-refractivity contribution is -0.384. The van der Waals surface area contributed by atoms with Gasteiger partial charge in [0.25, 0.3) is 11.6 Å². The van der Waals surface area contributed by atoms with Gasteiger partial charge in [0, 0.05) is 19.2 Å². The predicted molar refractivity (Wildman–Crippen MR) is 86.5 cm³/mol. The van der Waals surface area contributed by atoms with Crippen LogP contribution in [0, 0.1) is 15.9 Å². The first kappa shape index (κ1) is 17.2. The van der Waals surface area contributed by atoms with Crippen LogP contribution in [0.5, 0.6) is 5.75 Å². The van der Waals surface area contributed by atoms with Gasteiger partial charge in [0.15, 0.2) is 18.2 Å². The van der Waals surface area contributed by atoms with Crippen molar-refractivity contribution in [3.05, 3.63) is 64.5 Å². The van der Waals surface area contributed by atoms with Gasteiger partial charge in [-0.25, -0.2) is 4.39 Å². The van der Waals surface area contributed by atoms with Gasteiger partial charge in [0.1, 0.15) is 5.69 Å². The van der Waals surface area contributed by atoms with Crippen molar-refractivity contribution >= 4 is 17.3 Å².